The Bertz CT molecular complexity index is 167. The van der Waals surface area contributed by atoms with Crippen LogP contribution in [0.15, 0.2) is 0 Å². The lowest BCUT2D eigenvalue weighted by Gasteiger charge is -2.36. The first-order chi connectivity index (χ1) is 6.01. The average molecular weight is 188 g/mol. The molecule has 0 bridgehead atoms. The van der Waals surface area contributed by atoms with E-state index < -0.39 is 0 Å². The molecule has 1 unspecified atom stereocenters. The molecule has 0 aliphatic heterocycles. The van der Waals surface area contributed by atoms with Crippen molar-refractivity contribution in [1.29, 1.82) is 0 Å². The lowest BCUT2D eigenvalue weighted by atomic mass is 9.98. The number of nitrogens with zero attached hydrogens (tertiary/aromatic N) is 1. The van der Waals surface area contributed by atoms with Crippen molar-refractivity contribution in [1.82, 2.24) is 4.90 Å². The number of hydrogen-bond donors (Lipinski definition) is 1. The summed E-state index contributed by atoms with van der Waals surface area (Å²) in [6.45, 7) is 6.58. The number of rotatable bonds is 4. The number of carbonyl (C=O) groups is 1. The van der Waals surface area contributed by atoms with Crippen LogP contribution >= 0.6 is 0 Å². The summed E-state index contributed by atoms with van der Waals surface area (Å²) in [4.78, 5) is 12.9. The van der Waals surface area contributed by atoms with Gasteiger partial charge in [0.1, 0.15) is 0 Å². The van der Waals surface area contributed by atoms with E-state index in [0.29, 0.717) is 13.2 Å². The van der Waals surface area contributed by atoms with Crippen LogP contribution in [0.1, 0.15) is 27.2 Å². The first-order valence-corrected chi connectivity index (χ1v) is 4.62. The van der Waals surface area contributed by atoms with Crippen LogP contribution in [0.2, 0.25) is 0 Å². The van der Waals surface area contributed by atoms with E-state index >= 15 is 0 Å². The molecular formula is C9H20N2O2. The fraction of sp³-hybridized carbons (Fsp3) is 0.889. The Morgan fingerprint density at radius 1 is 1.54 bits per heavy atom. The molecule has 0 aromatic heterocycles. The molecule has 0 fully saturated rings. The molecule has 78 valence electrons. The van der Waals surface area contributed by atoms with Crippen LogP contribution in [0.25, 0.3) is 0 Å². The highest BCUT2D eigenvalue weighted by molar-refractivity contribution is 5.68. The summed E-state index contributed by atoms with van der Waals surface area (Å²) >= 11 is 0. The van der Waals surface area contributed by atoms with Crippen LogP contribution in [0.4, 0.5) is 4.79 Å². The molecule has 4 nitrogen and oxygen atoms in total. The van der Waals surface area contributed by atoms with E-state index in [1.807, 2.05) is 13.8 Å². The van der Waals surface area contributed by atoms with Gasteiger partial charge in [0.15, 0.2) is 0 Å². The number of carbonyl (C=O) groups excluding carboxylic acids is 1. The van der Waals surface area contributed by atoms with Crippen LogP contribution in [0, 0.1) is 0 Å². The zero-order valence-corrected chi connectivity index (χ0v) is 8.96. The molecule has 0 saturated carbocycles. The van der Waals surface area contributed by atoms with Crippen molar-refractivity contribution < 1.29 is 9.53 Å². The van der Waals surface area contributed by atoms with Gasteiger partial charge in [-0.2, -0.15) is 0 Å². The van der Waals surface area contributed by atoms with E-state index in [9.17, 15) is 4.79 Å². The fourth-order valence-corrected chi connectivity index (χ4v) is 0.959. The molecule has 0 saturated heterocycles. The van der Waals surface area contributed by atoms with Gasteiger partial charge >= 0.3 is 6.09 Å². The average Bonchev–Trinajstić information content (AvgIpc) is 2.16. The second kappa shape index (κ2) is 5.07. The quantitative estimate of drug-likeness (QED) is 0.721. The molecule has 13 heavy (non-hydrogen) atoms. The molecule has 0 aromatic rings. The highest BCUT2D eigenvalue weighted by atomic mass is 16.6. The molecular weight excluding hydrogens is 168 g/mol. The maximum absolute atomic E-state index is 11.4. The van der Waals surface area contributed by atoms with Crippen molar-refractivity contribution in [3.05, 3.63) is 0 Å². The maximum Gasteiger partial charge on any atom is 0.409 e. The van der Waals surface area contributed by atoms with Crippen LogP contribution in [-0.2, 0) is 4.74 Å². The molecule has 0 radical (unpaired) electrons. The van der Waals surface area contributed by atoms with E-state index in [4.69, 9.17) is 10.5 Å². The van der Waals surface area contributed by atoms with E-state index in [1.54, 1.807) is 18.9 Å². The molecule has 0 rings (SSSR count). The zero-order valence-electron chi connectivity index (χ0n) is 8.96. The van der Waals surface area contributed by atoms with Crippen LogP contribution < -0.4 is 5.73 Å². The van der Waals surface area contributed by atoms with Crippen LogP contribution in [0.5, 0.6) is 0 Å². The minimum Gasteiger partial charge on any atom is -0.450 e. The van der Waals surface area contributed by atoms with Gasteiger partial charge in [0.05, 0.1) is 12.1 Å². The highest BCUT2D eigenvalue weighted by Crippen LogP contribution is 2.16. The number of likely N-dealkylation sites (N-methyl/N-ethyl adjacent to an activating group) is 1. The summed E-state index contributed by atoms with van der Waals surface area (Å²) in [7, 11) is 1.72. The summed E-state index contributed by atoms with van der Waals surface area (Å²) in [5.41, 5.74) is 5.30. The zero-order chi connectivity index (χ0) is 10.5. The lowest BCUT2D eigenvalue weighted by molar-refractivity contribution is 0.0744. The van der Waals surface area contributed by atoms with Gasteiger partial charge in [-0.1, -0.05) is 6.92 Å². The Balaban J connectivity index is 4.36. The molecule has 1 amide bonds. The summed E-state index contributed by atoms with van der Waals surface area (Å²) < 4.78 is 4.88. The minimum absolute atomic E-state index is 0.299. The number of nitrogens with two attached hydrogens (primary N) is 1. The SMILES string of the molecule is CCOC(=O)N(C)C(C)(CC)CN. The van der Waals surface area contributed by atoms with E-state index in [1.165, 1.54) is 0 Å². The maximum atomic E-state index is 11.4. The smallest absolute Gasteiger partial charge is 0.409 e. The van der Waals surface area contributed by atoms with Crippen molar-refractivity contribution >= 4 is 6.09 Å². The summed E-state index contributed by atoms with van der Waals surface area (Å²) in [6, 6.07) is 0. The highest BCUT2D eigenvalue weighted by Gasteiger charge is 2.30. The van der Waals surface area contributed by atoms with E-state index in [-0.39, 0.29) is 11.6 Å². The normalized spacial score (nSPS) is 14.8. The first kappa shape index (κ1) is 12.2. The molecule has 0 spiro atoms. The third-order valence-corrected chi connectivity index (χ3v) is 2.55. The van der Waals surface area contributed by atoms with Gasteiger partial charge in [-0.3, -0.25) is 0 Å². The van der Waals surface area contributed by atoms with Crippen LogP contribution in [-0.4, -0.2) is 36.7 Å². The fourth-order valence-electron chi connectivity index (χ4n) is 0.959. The number of ether oxygens (including phenoxy) is 1. The van der Waals surface area contributed by atoms with Gasteiger partial charge in [-0.05, 0) is 20.3 Å². The molecule has 2 N–H and O–H groups in total. The second-order valence-corrected chi connectivity index (χ2v) is 3.31. The number of hydrogen-bond acceptors (Lipinski definition) is 3. The topological polar surface area (TPSA) is 55.6 Å². The van der Waals surface area contributed by atoms with Gasteiger partial charge in [0, 0.05) is 13.6 Å². The van der Waals surface area contributed by atoms with Gasteiger partial charge in [-0.25, -0.2) is 4.79 Å². The largest absolute Gasteiger partial charge is 0.450 e. The predicted octanol–water partition coefficient (Wildman–Crippen LogP) is 1.20. The van der Waals surface area contributed by atoms with Crippen LogP contribution in [0.3, 0.4) is 0 Å². The minimum atomic E-state index is -0.308. The first-order valence-electron chi connectivity index (χ1n) is 4.62. The Hall–Kier alpha value is -0.770. The van der Waals surface area contributed by atoms with Gasteiger partial charge in [0.2, 0.25) is 0 Å². The summed E-state index contributed by atoms with van der Waals surface area (Å²) in [5.74, 6) is 0. The standard InChI is InChI=1S/C9H20N2O2/c1-5-9(3,7-10)11(4)8(12)13-6-2/h5-7,10H2,1-4H3. The molecule has 4 heteroatoms. The van der Waals surface area contributed by atoms with Gasteiger partial charge in [-0.15, -0.1) is 0 Å². The van der Waals surface area contributed by atoms with Crippen molar-refractivity contribution in [2.75, 3.05) is 20.2 Å². The van der Waals surface area contributed by atoms with E-state index in [2.05, 4.69) is 0 Å². The van der Waals surface area contributed by atoms with Crippen molar-refractivity contribution in [2.45, 2.75) is 32.7 Å². The summed E-state index contributed by atoms with van der Waals surface area (Å²) in [5, 5.41) is 0. The predicted molar refractivity (Wildman–Crippen MR) is 52.5 cm³/mol. The Labute approximate surface area is 80.0 Å². The third kappa shape index (κ3) is 2.88. The number of amides is 1. The van der Waals surface area contributed by atoms with Crippen molar-refractivity contribution in [3.8, 4) is 0 Å². The van der Waals surface area contributed by atoms with Gasteiger partial charge in [0.25, 0.3) is 0 Å². The monoisotopic (exact) mass is 188 g/mol. The van der Waals surface area contributed by atoms with Crippen molar-refractivity contribution in [3.63, 3.8) is 0 Å². The summed E-state index contributed by atoms with van der Waals surface area (Å²) in [6.07, 6.45) is 0.510. The molecule has 0 heterocycles. The second-order valence-electron chi connectivity index (χ2n) is 3.31. The van der Waals surface area contributed by atoms with E-state index in [0.717, 1.165) is 6.42 Å². The Morgan fingerprint density at radius 3 is 2.38 bits per heavy atom. The third-order valence-electron chi connectivity index (χ3n) is 2.55. The molecule has 1 atom stereocenters. The van der Waals surface area contributed by atoms with Crippen molar-refractivity contribution in [2.24, 2.45) is 5.73 Å². The molecule has 0 aromatic carbocycles. The molecule has 0 aliphatic carbocycles. The molecule has 0 aliphatic rings. The Kier molecular flexibility index (Phi) is 4.77. The Morgan fingerprint density at radius 2 is 2.08 bits per heavy atom. The van der Waals surface area contributed by atoms with Gasteiger partial charge < -0.3 is 15.4 Å². The lowest BCUT2D eigenvalue weighted by Crippen LogP contribution is -2.52.